The molecule has 0 bridgehead atoms. The number of rotatable bonds is 8. The molecule has 182 valence electrons. The zero-order valence-corrected chi connectivity index (χ0v) is 18.2. The molecule has 5 N–H and O–H groups in total. The molecule has 0 fully saturated rings. The lowest BCUT2D eigenvalue weighted by Crippen LogP contribution is -2.44. The highest BCUT2D eigenvalue weighted by atomic mass is 19.4. The number of hydrogen-bond donors (Lipinski definition) is 4. The Kier molecular flexibility index (Phi) is 12.3. The number of nitrogens with two attached hydrogens (primary N) is 1. The molecule has 0 aliphatic rings. The van der Waals surface area contributed by atoms with Gasteiger partial charge in [-0.25, -0.2) is 9.59 Å². The average molecular weight is 466 g/mol. The van der Waals surface area contributed by atoms with Crippen molar-refractivity contribution < 1.29 is 47.2 Å². The second-order valence-corrected chi connectivity index (χ2v) is 7.16. The van der Waals surface area contributed by atoms with Crippen LogP contribution in [0.15, 0.2) is 18.2 Å². The molecule has 1 atom stereocenters. The van der Waals surface area contributed by atoms with Crippen molar-refractivity contribution in [1.82, 2.24) is 5.32 Å². The lowest BCUT2D eigenvalue weighted by Gasteiger charge is -2.18. The second-order valence-electron chi connectivity index (χ2n) is 7.16. The third-order valence-corrected chi connectivity index (χ3v) is 3.90. The number of ether oxygens (including phenoxy) is 2. The van der Waals surface area contributed by atoms with Gasteiger partial charge in [0.1, 0.15) is 18.4 Å². The van der Waals surface area contributed by atoms with Crippen LogP contribution < -0.4 is 15.8 Å². The maximum absolute atomic E-state index is 12.0. The Morgan fingerprint density at radius 3 is 1.94 bits per heavy atom. The van der Waals surface area contributed by atoms with Crippen LogP contribution in [0.3, 0.4) is 0 Å². The highest BCUT2D eigenvalue weighted by molar-refractivity contribution is 5.81. The fourth-order valence-corrected chi connectivity index (χ4v) is 2.24. The minimum atomic E-state index is -5.08. The molecule has 0 heterocycles. The summed E-state index contributed by atoms with van der Waals surface area (Å²) in [6, 6.07) is 4.81. The zero-order valence-electron chi connectivity index (χ0n) is 18.2. The van der Waals surface area contributed by atoms with Gasteiger partial charge in [-0.05, 0) is 23.0 Å². The van der Waals surface area contributed by atoms with Crippen LogP contribution in [0.25, 0.3) is 0 Å². The maximum Gasteiger partial charge on any atom is 0.513 e. The number of hydrogen-bond acceptors (Lipinski definition) is 7. The fourth-order valence-electron chi connectivity index (χ4n) is 2.24. The number of nitrogens with one attached hydrogen (secondary N) is 1. The van der Waals surface area contributed by atoms with Crippen LogP contribution in [-0.4, -0.2) is 60.2 Å². The van der Waals surface area contributed by atoms with Crippen LogP contribution in [0.4, 0.5) is 18.0 Å². The second kappa shape index (κ2) is 13.5. The van der Waals surface area contributed by atoms with Crippen molar-refractivity contribution in [1.29, 1.82) is 0 Å². The van der Waals surface area contributed by atoms with Gasteiger partial charge in [0, 0.05) is 0 Å². The summed E-state index contributed by atoms with van der Waals surface area (Å²) in [4.78, 5) is 32.3. The van der Waals surface area contributed by atoms with E-state index < -0.39 is 36.9 Å². The SMILES string of the molecule is CC(C)c1cccc(C(C)C)c1OC(=O)OCCNC(=O)[C@@H](N)CO.O=C(O)C(F)(F)F. The average Bonchev–Trinajstić information content (AvgIpc) is 2.69. The Morgan fingerprint density at radius 1 is 1.09 bits per heavy atom. The molecule has 0 radical (unpaired) electrons. The highest BCUT2D eigenvalue weighted by Gasteiger charge is 2.38. The molecule has 1 amide bonds. The van der Waals surface area contributed by atoms with Crippen molar-refractivity contribution >= 4 is 18.0 Å². The molecule has 0 unspecified atom stereocenters. The molecule has 1 aromatic carbocycles. The summed E-state index contributed by atoms with van der Waals surface area (Å²) in [5, 5.41) is 18.3. The lowest BCUT2D eigenvalue weighted by molar-refractivity contribution is -0.192. The van der Waals surface area contributed by atoms with Gasteiger partial charge in [-0.15, -0.1) is 0 Å². The molecule has 0 aliphatic heterocycles. The topological polar surface area (TPSA) is 148 Å². The van der Waals surface area contributed by atoms with E-state index in [9.17, 15) is 22.8 Å². The normalized spacial score (nSPS) is 12.0. The van der Waals surface area contributed by atoms with Gasteiger partial charge in [0.05, 0.1) is 13.2 Å². The van der Waals surface area contributed by atoms with Gasteiger partial charge in [-0.3, -0.25) is 4.79 Å². The Labute approximate surface area is 183 Å². The quantitative estimate of drug-likeness (QED) is 0.259. The van der Waals surface area contributed by atoms with E-state index in [0.29, 0.717) is 5.75 Å². The highest BCUT2D eigenvalue weighted by Crippen LogP contribution is 2.34. The summed E-state index contributed by atoms with van der Waals surface area (Å²) in [6.07, 6.45) is -5.91. The van der Waals surface area contributed by atoms with Gasteiger partial charge in [0.2, 0.25) is 5.91 Å². The molecular weight excluding hydrogens is 437 g/mol. The molecule has 0 saturated heterocycles. The van der Waals surface area contributed by atoms with Crippen molar-refractivity contribution in [3.63, 3.8) is 0 Å². The van der Waals surface area contributed by atoms with E-state index in [1.165, 1.54) is 0 Å². The van der Waals surface area contributed by atoms with Crippen LogP contribution in [0.2, 0.25) is 0 Å². The van der Waals surface area contributed by atoms with Gasteiger partial charge < -0.3 is 30.7 Å². The number of amides is 1. The summed E-state index contributed by atoms with van der Waals surface area (Å²) in [5.41, 5.74) is 7.23. The minimum absolute atomic E-state index is 0.0520. The molecule has 12 heteroatoms. The Hall–Kier alpha value is -2.86. The minimum Gasteiger partial charge on any atom is -0.475 e. The van der Waals surface area contributed by atoms with Crippen molar-refractivity contribution in [2.24, 2.45) is 5.73 Å². The number of aliphatic hydroxyl groups is 1. The van der Waals surface area contributed by atoms with E-state index in [0.717, 1.165) is 11.1 Å². The first-order chi connectivity index (χ1) is 14.7. The van der Waals surface area contributed by atoms with Crippen LogP contribution in [0.1, 0.15) is 50.7 Å². The van der Waals surface area contributed by atoms with Crippen LogP contribution >= 0.6 is 0 Å². The summed E-state index contributed by atoms with van der Waals surface area (Å²) in [7, 11) is 0. The van der Waals surface area contributed by atoms with Gasteiger partial charge >= 0.3 is 18.3 Å². The van der Waals surface area contributed by atoms with Crippen molar-refractivity contribution in [3.05, 3.63) is 29.3 Å². The smallest absolute Gasteiger partial charge is 0.475 e. The summed E-state index contributed by atoms with van der Waals surface area (Å²) >= 11 is 0. The van der Waals surface area contributed by atoms with Gasteiger partial charge in [-0.2, -0.15) is 13.2 Å². The third kappa shape index (κ3) is 10.4. The first kappa shape index (κ1) is 29.1. The number of aliphatic carboxylic acids is 1. The molecule has 0 saturated carbocycles. The van der Waals surface area contributed by atoms with Crippen molar-refractivity contribution in [2.75, 3.05) is 19.8 Å². The lowest BCUT2D eigenvalue weighted by atomic mass is 9.94. The molecule has 1 rings (SSSR count). The summed E-state index contributed by atoms with van der Waals surface area (Å²) in [6.45, 7) is 7.69. The Bertz CT molecular complexity index is 742. The van der Waals surface area contributed by atoms with E-state index in [2.05, 4.69) is 5.32 Å². The van der Waals surface area contributed by atoms with Gasteiger partial charge in [0.15, 0.2) is 0 Å². The Balaban J connectivity index is 0.00000118. The molecular formula is C20H29F3N2O7. The fraction of sp³-hybridized carbons (Fsp3) is 0.550. The molecule has 0 aliphatic carbocycles. The number of carbonyl (C=O) groups is 3. The predicted octanol–water partition coefficient (Wildman–Crippen LogP) is 2.52. The predicted molar refractivity (Wildman–Crippen MR) is 108 cm³/mol. The van der Waals surface area contributed by atoms with Gasteiger partial charge in [0.25, 0.3) is 0 Å². The van der Waals surface area contributed by atoms with E-state index in [1.54, 1.807) is 0 Å². The molecule has 32 heavy (non-hydrogen) atoms. The van der Waals surface area contributed by atoms with Crippen molar-refractivity contribution in [2.45, 2.75) is 51.7 Å². The summed E-state index contributed by atoms with van der Waals surface area (Å²) in [5.74, 6) is -2.34. The van der Waals surface area contributed by atoms with E-state index in [1.807, 2.05) is 45.9 Å². The van der Waals surface area contributed by atoms with Crippen LogP contribution in [0.5, 0.6) is 5.75 Å². The maximum atomic E-state index is 12.0. The number of carboxylic acids is 1. The Morgan fingerprint density at radius 2 is 1.56 bits per heavy atom. The number of halogens is 3. The van der Waals surface area contributed by atoms with Crippen LogP contribution in [0, 0.1) is 0 Å². The zero-order chi connectivity index (χ0) is 25.1. The monoisotopic (exact) mass is 466 g/mol. The molecule has 0 spiro atoms. The molecule has 0 aromatic heterocycles. The van der Waals surface area contributed by atoms with Gasteiger partial charge in [-0.1, -0.05) is 45.9 Å². The number of alkyl halides is 3. The first-order valence-corrected chi connectivity index (χ1v) is 9.63. The third-order valence-electron chi connectivity index (χ3n) is 3.90. The van der Waals surface area contributed by atoms with E-state index >= 15 is 0 Å². The van der Waals surface area contributed by atoms with E-state index in [-0.39, 0.29) is 25.0 Å². The number of carbonyl (C=O) groups excluding carboxylic acids is 2. The largest absolute Gasteiger partial charge is 0.513 e. The van der Waals surface area contributed by atoms with Crippen LogP contribution in [-0.2, 0) is 14.3 Å². The summed E-state index contributed by atoms with van der Waals surface area (Å²) < 4.78 is 42.2. The number of aliphatic hydroxyl groups excluding tert-OH is 1. The van der Waals surface area contributed by atoms with Crippen molar-refractivity contribution in [3.8, 4) is 5.75 Å². The first-order valence-electron chi connectivity index (χ1n) is 9.63. The standard InChI is InChI=1S/C18H28N2O5.C2HF3O2/c1-11(2)13-6-5-7-14(12(3)4)16(13)25-18(23)24-9-8-20-17(22)15(19)10-21;3-2(4,5)1(6)7/h5-7,11-12,15,21H,8-10,19H2,1-4H3,(H,20,22);(H,6,7)/t15-;/m0./s1. The van der Waals surface area contributed by atoms with E-state index in [4.69, 9.17) is 30.2 Å². The molecule has 9 nitrogen and oxygen atoms in total. The number of carboxylic acid groups (broad SMARTS) is 1. The molecule has 1 aromatic rings. The number of para-hydroxylation sites is 1. The number of benzene rings is 1.